The van der Waals surface area contributed by atoms with Crippen molar-refractivity contribution >= 4 is 0 Å². The predicted molar refractivity (Wildman–Crippen MR) is 96.1 cm³/mol. The van der Waals surface area contributed by atoms with E-state index in [0.29, 0.717) is 0 Å². The molecule has 0 heteroatoms. The first-order valence-corrected chi connectivity index (χ1v) is 7.46. The molecule has 0 saturated carbocycles. The summed E-state index contributed by atoms with van der Waals surface area (Å²) in [4.78, 5) is 0. The molecule has 21 heavy (non-hydrogen) atoms. The van der Waals surface area contributed by atoms with Gasteiger partial charge in [0.25, 0.3) is 0 Å². The van der Waals surface area contributed by atoms with Crippen LogP contribution in [0.3, 0.4) is 0 Å². The van der Waals surface area contributed by atoms with Crippen LogP contribution in [-0.4, -0.2) is 0 Å². The molecule has 1 rings (SSSR count). The smallest absolute Gasteiger partial charge is 0.00109 e. The summed E-state index contributed by atoms with van der Waals surface area (Å²) in [7, 11) is 0. The Hall–Kier alpha value is -2.08. The van der Waals surface area contributed by atoms with Gasteiger partial charge in [-0.3, -0.25) is 0 Å². The second-order valence-electron chi connectivity index (χ2n) is 5.59. The molecule has 0 saturated heterocycles. The van der Waals surface area contributed by atoms with Crippen molar-refractivity contribution < 1.29 is 0 Å². The van der Waals surface area contributed by atoms with Crippen LogP contribution in [0.5, 0.6) is 0 Å². The van der Waals surface area contributed by atoms with Crippen LogP contribution in [0.1, 0.15) is 27.7 Å². The molecular formula is C21H26. The summed E-state index contributed by atoms with van der Waals surface area (Å²) in [6.45, 7) is 8.46. The van der Waals surface area contributed by atoms with Gasteiger partial charge in [0.1, 0.15) is 0 Å². The Bertz CT molecular complexity index is 553. The van der Waals surface area contributed by atoms with Crippen molar-refractivity contribution in [2.75, 3.05) is 0 Å². The van der Waals surface area contributed by atoms with Gasteiger partial charge in [0.15, 0.2) is 0 Å². The summed E-state index contributed by atoms with van der Waals surface area (Å²) >= 11 is 0. The molecule has 0 spiro atoms. The Morgan fingerprint density at radius 1 is 0.952 bits per heavy atom. The van der Waals surface area contributed by atoms with Crippen LogP contribution in [0.4, 0.5) is 0 Å². The lowest BCUT2D eigenvalue weighted by atomic mass is 9.93. The minimum atomic E-state index is 0.127. The highest BCUT2D eigenvalue weighted by atomic mass is 14.1. The number of rotatable bonds is 5. The molecule has 0 unspecified atom stereocenters. The average Bonchev–Trinajstić information content (AvgIpc) is 2.62. The average molecular weight is 278 g/mol. The van der Waals surface area contributed by atoms with Crippen molar-refractivity contribution in [3.63, 3.8) is 0 Å². The second-order valence-corrected chi connectivity index (χ2v) is 5.59. The molecule has 110 valence electrons. The van der Waals surface area contributed by atoms with Crippen LogP contribution in [-0.2, 0) is 0 Å². The Morgan fingerprint density at radius 2 is 1.71 bits per heavy atom. The van der Waals surface area contributed by atoms with Crippen LogP contribution in [0.25, 0.3) is 0 Å². The third kappa shape index (κ3) is 7.31. The molecule has 0 N–H and O–H groups in total. The van der Waals surface area contributed by atoms with E-state index in [1.54, 1.807) is 0 Å². The Kier molecular flexibility index (Phi) is 7.25. The molecule has 0 aromatic carbocycles. The summed E-state index contributed by atoms with van der Waals surface area (Å²) in [5, 5.41) is 0. The van der Waals surface area contributed by atoms with E-state index in [0.717, 1.165) is 0 Å². The molecule has 0 aromatic rings. The summed E-state index contributed by atoms with van der Waals surface area (Å²) in [5.74, 6) is 0. The molecule has 0 heterocycles. The van der Waals surface area contributed by atoms with E-state index in [9.17, 15) is 0 Å². The number of hydrogen-bond acceptors (Lipinski definition) is 0. The highest BCUT2D eigenvalue weighted by Crippen LogP contribution is 2.23. The van der Waals surface area contributed by atoms with Crippen molar-refractivity contribution in [2.24, 2.45) is 5.41 Å². The maximum atomic E-state index is 2.23. The zero-order chi connectivity index (χ0) is 15.6. The summed E-state index contributed by atoms with van der Waals surface area (Å²) < 4.78 is 0. The van der Waals surface area contributed by atoms with Gasteiger partial charge < -0.3 is 0 Å². The van der Waals surface area contributed by atoms with Gasteiger partial charge in [-0.25, -0.2) is 0 Å². The Labute approximate surface area is 130 Å². The van der Waals surface area contributed by atoms with Crippen molar-refractivity contribution in [3.05, 3.63) is 96.2 Å². The second kappa shape index (κ2) is 8.97. The van der Waals surface area contributed by atoms with Crippen molar-refractivity contribution in [3.8, 4) is 0 Å². The van der Waals surface area contributed by atoms with Gasteiger partial charge in [0.2, 0.25) is 0 Å². The lowest BCUT2D eigenvalue weighted by Crippen LogP contribution is -2.00. The lowest BCUT2D eigenvalue weighted by molar-refractivity contribution is 0.627. The molecule has 1 aliphatic carbocycles. The first kappa shape index (κ1) is 17.0. The molecule has 1 aliphatic rings. The molecular weight excluding hydrogens is 252 g/mol. The molecule has 0 atom stereocenters. The molecule has 0 radical (unpaired) electrons. The minimum absolute atomic E-state index is 0.127. The lowest BCUT2D eigenvalue weighted by Gasteiger charge is -2.12. The van der Waals surface area contributed by atoms with Crippen LogP contribution in [0.2, 0.25) is 0 Å². The van der Waals surface area contributed by atoms with Gasteiger partial charge in [0.05, 0.1) is 0 Å². The normalized spacial score (nSPS) is 19.2. The molecule has 0 fully saturated rings. The zero-order valence-corrected chi connectivity index (χ0v) is 13.6. The van der Waals surface area contributed by atoms with E-state index in [1.807, 2.05) is 32.1 Å². The first-order chi connectivity index (χ1) is 10.1. The number of allylic oxidation sites excluding steroid dienone is 16. The molecule has 0 bridgehead atoms. The van der Waals surface area contributed by atoms with Gasteiger partial charge in [-0.2, -0.15) is 0 Å². The topological polar surface area (TPSA) is 0 Å². The minimum Gasteiger partial charge on any atom is -0.0877 e. The highest BCUT2D eigenvalue weighted by Gasteiger charge is 2.09. The molecule has 0 nitrogen and oxygen atoms in total. The SMILES string of the molecule is C/C=C\C=C/C(/C=C/C1=CC=CC(C)(C)C=C1)=C\C=C\C. The van der Waals surface area contributed by atoms with Gasteiger partial charge in [0, 0.05) is 5.41 Å². The van der Waals surface area contributed by atoms with Gasteiger partial charge >= 0.3 is 0 Å². The maximum Gasteiger partial charge on any atom is 0.00109 e. The predicted octanol–water partition coefficient (Wildman–Crippen LogP) is 6.26. The summed E-state index contributed by atoms with van der Waals surface area (Å²) in [6.07, 6.45) is 29.6. The van der Waals surface area contributed by atoms with Gasteiger partial charge in [-0.15, -0.1) is 0 Å². The third-order valence-electron chi connectivity index (χ3n) is 3.06. The summed E-state index contributed by atoms with van der Waals surface area (Å²) in [5.41, 5.74) is 2.51. The van der Waals surface area contributed by atoms with E-state index < -0.39 is 0 Å². The largest absolute Gasteiger partial charge is 0.0877 e. The van der Waals surface area contributed by atoms with Gasteiger partial charge in [-0.05, 0) is 25.0 Å². The van der Waals surface area contributed by atoms with Crippen LogP contribution < -0.4 is 0 Å². The van der Waals surface area contributed by atoms with Crippen molar-refractivity contribution in [2.45, 2.75) is 27.7 Å². The summed E-state index contributed by atoms with van der Waals surface area (Å²) in [6, 6.07) is 0. The fraction of sp³-hybridized carbons (Fsp3) is 0.238. The fourth-order valence-corrected chi connectivity index (χ4v) is 1.78. The van der Waals surface area contributed by atoms with Crippen molar-refractivity contribution in [1.29, 1.82) is 0 Å². The van der Waals surface area contributed by atoms with E-state index in [4.69, 9.17) is 0 Å². The first-order valence-electron chi connectivity index (χ1n) is 7.46. The van der Waals surface area contributed by atoms with Crippen LogP contribution in [0, 0.1) is 5.41 Å². The fourth-order valence-electron chi connectivity index (χ4n) is 1.78. The molecule has 0 aliphatic heterocycles. The third-order valence-corrected chi connectivity index (χ3v) is 3.06. The highest BCUT2D eigenvalue weighted by molar-refractivity contribution is 5.43. The van der Waals surface area contributed by atoms with Crippen LogP contribution >= 0.6 is 0 Å². The standard InChI is InChI=1S/C21H26/c1-5-7-9-12-19(11-8-6-2)14-15-20-13-10-17-21(3,4)18-16-20/h5-18H,1-4H3/b7-5-,8-6+,12-9-,15-14+,19-11+. The van der Waals surface area contributed by atoms with Crippen LogP contribution in [0.15, 0.2) is 96.2 Å². The molecule has 0 amide bonds. The van der Waals surface area contributed by atoms with Crippen molar-refractivity contribution in [1.82, 2.24) is 0 Å². The zero-order valence-electron chi connectivity index (χ0n) is 13.6. The van der Waals surface area contributed by atoms with E-state index in [-0.39, 0.29) is 5.41 Å². The number of hydrogen-bond donors (Lipinski definition) is 0. The van der Waals surface area contributed by atoms with E-state index in [1.165, 1.54) is 11.1 Å². The monoisotopic (exact) mass is 278 g/mol. The van der Waals surface area contributed by atoms with E-state index >= 15 is 0 Å². The molecule has 0 aromatic heterocycles. The maximum absolute atomic E-state index is 2.23. The van der Waals surface area contributed by atoms with Gasteiger partial charge in [-0.1, -0.05) is 98.9 Å². The Balaban J connectivity index is 2.88. The van der Waals surface area contributed by atoms with E-state index in [2.05, 4.69) is 80.7 Å². The quantitative estimate of drug-likeness (QED) is 0.521. The Morgan fingerprint density at radius 3 is 2.43 bits per heavy atom.